The van der Waals surface area contributed by atoms with Crippen molar-refractivity contribution in [3.05, 3.63) is 35.9 Å². The maximum absolute atomic E-state index is 11.3. The highest BCUT2D eigenvalue weighted by molar-refractivity contribution is 5.80. The van der Waals surface area contributed by atoms with E-state index < -0.39 is 6.10 Å². The number of carbonyl (C=O) groups excluding carboxylic acids is 1. The predicted molar refractivity (Wildman–Crippen MR) is 71.0 cm³/mol. The molecule has 1 saturated heterocycles. The Bertz CT molecular complexity index is 410. The molecule has 1 aromatic carbocycles. The van der Waals surface area contributed by atoms with Gasteiger partial charge < -0.3 is 9.47 Å². The Labute approximate surface area is 113 Å². The summed E-state index contributed by atoms with van der Waals surface area (Å²) in [6.07, 6.45) is 1.06. The Morgan fingerprint density at radius 2 is 2.21 bits per heavy atom. The largest absolute Gasteiger partial charge is 0.371 e. The average Bonchev–Trinajstić information content (AvgIpc) is 2.93. The van der Waals surface area contributed by atoms with Gasteiger partial charge in [-0.2, -0.15) is 0 Å². The van der Waals surface area contributed by atoms with Crippen molar-refractivity contribution in [3.63, 3.8) is 0 Å². The van der Waals surface area contributed by atoms with Gasteiger partial charge in [0.05, 0.1) is 18.8 Å². The van der Waals surface area contributed by atoms with Crippen molar-refractivity contribution in [1.82, 2.24) is 5.43 Å². The number of hydrogen-bond donors (Lipinski definition) is 2. The van der Waals surface area contributed by atoms with Crippen molar-refractivity contribution >= 4 is 5.91 Å². The van der Waals surface area contributed by atoms with Crippen LogP contribution >= 0.6 is 0 Å². The Hall–Kier alpha value is -1.43. The molecule has 0 bridgehead atoms. The number of hydrazine groups is 1. The zero-order valence-electron chi connectivity index (χ0n) is 11.0. The van der Waals surface area contributed by atoms with Gasteiger partial charge in [-0.05, 0) is 25.3 Å². The van der Waals surface area contributed by atoms with Crippen LogP contribution in [0.2, 0.25) is 0 Å². The molecule has 5 nitrogen and oxygen atoms in total. The van der Waals surface area contributed by atoms with Crippen LogP contribution in [0.5, 0.6) is 0 Å². The highest BCUT2D eigenvalue weighted by atomic mass is 16.5. The van der Waals surface area contributed by atoms with E-state index in [1.807, 2.05) is 37.3 Å². The highest BCUT2D eigenvalue weighted by Crippen LogP contribution is 2.23. The molecule has 2 rings (SSSR count). The Morgan fingerprint density at radius 1 is 1.47 bits per heavy atom. The second-order valence-corrected chi connectivity index (χ2v) is 4.72. The highest BCUT2D eigenvalue weighted by Gasteiger charge is 2.30. The van der Waals surface area contributed by atoms with Crippen LogP contribution < -0.4 is 11.3 Å². The SMILES string of the molecule is CC(OCC1CCC(C(=O)NN)O1)c1ccccc1. The van der Waals surface area contributed by atoms with Crippen molar-refractivity contribution in [2.45, 2.75) is 38.1 Å². The summed E-state index contributed by atoms with van der Waals surface area (Å²) in [7, 11) is 0. The molecular formula is C14H20N2O3. The quantitative estimate of drug-likeness (QED) is 0.477. The van der Waals surface area contributed by atoms with Crippen LogP contribution in [0.4, 0.5) is 0 Å². The normalized spacial score (nSPS) is 24.1. The van der Waals surface area contributed by atoms with Crippen LogP contribution in [0.15, 0.2) is 30.3 Å². The van der Waals surface area contributed by atoms with E-state index in [-0.39, 0.29) is 18.1 Å². The van der Waals surface area contributed by atoms with Gasteiger partial charge in [-0.25, -0.2) is 5.84 Å². The molecule has 1 heterocycles. The number of amides is 1. The standard InChI is InChI=1S/C14H20N2O3/c1-10(11-5-3-2-4-6-11)18-9-12-7-8-13(19-12)14(17)16-15/h2-6,10,12-13H,7-9,15H2,1H3,(H,16,17). The summed E-state index contributed by atoms with van der Waals surface area (Å²) >= 11 is 0. The Kier molecular flexibility index (Phi) is 4.90. The summed E-state index contributed by atoms with van der Waals surface area (Å²) in [5, 5.41) is 0. The summed E-state index contributed by atoms with van der Waals surface area (Å²) < 4.78 is 11.4. The summed E-state index contributed by atoms with van der Waals surface area (Å²) in [5.74, 6) is 4.82. The van der Waals surface area contributed by atoms with E-state index in [1.165, 1.54) is 0 Å². The molecule has 0 spiro atoms. The zero-order chi connectivity index (χ0) is 13.7. The lowest BCUT2D eigenvalue weighted by Crippen LogP contribution is -2.39. The fourth-order valence-electron chi connectivity index (χ4n) is 2.19. The van der Waals surface area contributed by atoms with Crippen LogP contribution in [-0.4, -0.2) is 24.7 Å². The van der Waals surface area contributed by atoms with Crippen molar-refractivity contribution in [2.24, 2.45) is 5.84 Å². The second kappa shape index (κ2) is 6.65. The fourth-order valence-corrected chi connectivity index (χ4v) is 2.19. The first-order chi connectivity index (χ1) is 9.20. The molecule has 0 aromatic heterocycles. The number of hydrogen-bond acceptors (Lipinski definition) is 4. The zero-order valence-corrected chi connectivity index (χ0v) is 11.0. The van der Waals surface area contributed by atoms with Gasteiger partial charge in [0.15, 0.2) is 0 Å². The molecule has 3 N–H and O–H groups in total. The van der Waals surface area contributed by atoms with Crippen LogP contribution in [0, 0.1) is 0 Å². The smallest absolute Gasteiger partial charge is 0.263 e. The van der Waals surface area contributed by atoms with Crippen molar-refractivity contribution < 1.29 is 14.3 Å². The molecule has 19 heavy (non-hydrogen) atoms. The van der Waals surface area contributed by atoms with Crippen molar-refractivity contribution in [3.8, 4) is 0 Å². The van der Waals surface area contributed by atoms with E-state index in [4.69, 9.17) is 15.3 Å². The summed E-state index contributed by atoms with van der Waals surface area (Å²) in [5.41, 5.74) is 3.25. The molecule has 1 fully saturated rings. The van der Waals surface area contributed by atoms with E-state index in [2.05, 4.69) is 5.43 Å². The van der Waals surface area contributed by atoms with Crippen molar-refractivity contribution in [2.75, 3.05) is 6.61 Å². The minimum atomic E-state index is -0.439. The lowest BCUT2D eigenvalue weighted by molar-refractivity contribution is -0.133. The maximum atomic E-state index is 11.3. The number of rotatable bonds is 5. The van der Waals surface area contributed by atoms with E-state index in [0.717, 1.165) is 12.0 Å². The molecule has 5 heteroatoms. The van der Waals surface area contributed by atoms with Crippen molar-refractivity contribution in [1.29, 1.82) is 0 Å². The molecule has 0 aliphatic carbocycles. The van der Waals surface area contributed by atoms with Gasteiger partial charge in [0.2, 0.25) is 0 Å². The third kappa shape index (κ3) is 3.76. The number of benzene rings is 1. The fraction of sp³-hybridized carbons (Fsp3) is 0.500. The first-order valence-corrected chi connectivity index (χ1v) is 6.53. The third-order valence-corrected chi connectivity index (χ3v) is 3.34. The van der Waals surface area contributed by atoms with E-state index >= 15 is 0 Å². The number of nitrogens with two attached hydrogens (primary N) is 1. The molecule has 1 amide bonds. The topological polar surface area (TPSA) is 73.6 Å². The van der Waals surface area contributed by atoms with Gasteiger partial charge >= 0.3 is 0 Å². The lowest BCUT2D eigenvalue weighted by atomic mass is 10.1. The molecule has 1 aliphatic rings. The molecule has 0 saturated carbocycles. The first-order valence-electron chi connectivity index (χ1n) is 6.53. The van der Waals surface area contributed by atoms with E-state index in [1.54, 1.807) is 0 Å². The molecular weight excluding hydrogens is 244 g/mol. The molecule has 104 valence electrons. The number of nitrogens with one attached hydrogen (secondary N) is 1. The summed E-state index contributed by atoms with van der Waals surface area (Å²) in [6.45, 7) is 2.50. The molecule has 3 unspecified atom stereocenters. The van der Waals surface area contributed by atoms with Crippen LogP contribution in [-0.2, 0) is 14.3 Å². The minimum Gasteiger partial charge on any atom is -0.371 e. The summed E-state index contributed by atoms with van der Waals surface area (Å²) in [4.78, 5) is 11.3. The van der Waals surface area contributed by atoms with Gasteiger partial charge in [-0.1, -0.05) is 30.3 Å². The van der Waals surface area contributed by atoms with Crippen LogP contribution in [0.3, 0.4) is 0 Å². The van der Waals surface area contributed by atoms with E-state index in [9.17, 15) is 4.79 Å². The molecule has 1 aliphatic heterocycles. The van der Waals surface area contributed by atoms with Gasteiger partial charge in [-0.15, -0.1) is 0 Å². The molecule has 1 aromatic rings. The number of carbonyl (C=O) groups is 1. The minimum absolute atomic E-state index is 0.0205. The predicted octanol–water partition coefficient (Wildman–Crippen LogP) is 1.30. The monoisotopic (exact) mass is 264 g/mol. The van der Waals surface area contributed by atoms with Gasteiger partial charge in [0.1, 0.15) is 6.10 Å². The maximum Gasteiger partial charge on any atom is 0.263 e. The summed E-state index contributed by atoms with van der Waals surface area (Å²) in [6, 6.07) is 10.0. The van der Waals surface area contributed by atoms with E-state index in [0.29, 0.717) is 13.0 Å². The van der Waals surface area contributed by atoms with Crippen LogP contribution in [0.1, 0.15) is 31.4 Å². The van der Waals surface area contributed by atoms with Gasteiger partial charge in [-0.3, -0.25) is 10.2 Å². The first kappa shape index (κ1) is 14.0. The third-order valence-electron chi connectivity index (χ3n) is 3.34. The Balaban J connectivity index is 1.76. The molecule has 3 atom stereocenters. The molecule has 0 radical (unpaired) electrons. The number of ether oxygens (including phenoxy) is 2. The van der Waals surface area contributed by atoms with Gasteiger partial charge in [0, 0.05) is 0 Å². The average molecular weight is 264 g/mol. The Morgan fingerprint density at radius 3 is 2.89 bits per heavy atom. The van der Waals surface area contributed by atoms with Gasteiger partial charge in [0.25, 0.3) is 5.91 Å². The second-order valence-electron chi connectivity index (χ2n) is 4.72. The van der Waals surface area contributed by atoms with Crippen LogP contribution in [0.25, 0.3) is 0 Å². The lowest BCUT2D eigenvalue weighted by Gasteiger charge is -2.17.